The molecule has 9 heavy (non-hydrogen) atoms. The highest BCUT2D eigenvalue weighted by atomic mass is 32.2. The molecule has 1 nitrogen and oxygen atoms in total. The number of halogens is 3. The molecule has 0 saturated heterocycles. The van der Waals surface area contributed by atoms with Gasteiger partial charge in [-0.25, -0.2) is 12.3 Å². The van der Waals surface area contributed by atoms with Gasteiger partial charge in [0.2, 0.25) is 0 Å². The summed E-state index contributed by atoms with van der Waals surface area (Å²) < 4.78 is 44.4. The lowest BCUT2D eigenvalue weighted by atomic mass is 11.0. The standard InChI is InChI=1S/C3H7F3OSSi/c1-8(7)2-3-9(4,5)6/h2-3H2,1H3. The molecule has 56 valence electrons. The number of hydrogen-bond acceptors (Lipinski definition) is 1. The van der Waals surface area contributed by atoms with Gasteiger partial charge in [0.05, 0.1) is 0 Å². The molecule has 0 N–H and O–H groups in total. The Morgan fingerprint density at radius 2 is 1.89 bits per heavy atom. The van der Waals surface area contributed by atoms with Crippen molar-refractivity contribution in [3.63, 3.8) is 0 Å². The Hall–Kier alpha value is 0.157. The molecule has 0 saturated carbocycles. The largest absolute Gasteiger partial charge is 0.616 e. The number of hydrogen-bond donors (Lipinski definition) is 0. The first-order valence-corrected chi connectivity index (χ1v) is 5.85. The molecule has 0 amide bonds. The molecule has 0 heterocycles. The number of rotatable bonds is 3. The molecular formula is C3H7F3OSSi. The van der Waals surface area contributed by atoms with Crippen molar-refractivity contribution in [2.24, 2.45) is 0 Å². The van der Waals surface area contributed by atoms with Gasteiger partial charge in [0.15, 0.2) is 0 Å². The normalized spacial score (nSPS) is 15.6. The lowest BCUT2D eigenvalue weighted by Gasteiger charge is -1.97. The van der Waals surface area contributed by atoms with E-state index in [4.69, 9.17) is 0 Å². The average Bonchev–Trinajstić information content (AvgIpc) is 1.59. The smallest absolute Gasteiger partial charge is 0.260 e. The van der Waals surface area contributed by atoms with Gasteiger partial charge >= 0.3 is 9.08 Å². The Labute approximate surface area is 55.2 Å². The van der Waals surface area contributed by atoms with Crippen molar-refractivity contribution in [3.8, 4) is 0 Å². The Morgan fingerprint density at radius 3 is 2.00 bits per heavy atom. The van der Waals surface area contributed by atoms with Gasteiger partial charge in [-0.05, 0) is 0 Å². The monoisotopic (exact) mass is 176 g/mol. The van der Waals surface area contributed by atoms with E-state index in [0.29, 0.717) is 0 Å². The third-order valence-electron chi connectivity index (χ3n) is 0.673. The Kier molecular flexibility index (Phi) is 3.42. The summed E-state index contributed by atoms with van der Waals surface area (Å²) in [5.74, 6) is -0.226. The van der Waals surface area contributed by atoms with Gasteiger partial charge in [-0.1, -0.05) is 0 Å². The quantitative estimate of drug-likeness (QED) is 0.466. The minimum absolute atomic E-state index is 0.226. The van der Waals surface area contributed by atoms with Gasteiger partial charge in [-0.15, -0.1) is 0 Å². The second-order valence-electron chi connectivity index (χ2n) is 1.64. The summed E-state index contributed by atoms with van der Waals surface area (Å²) >= 11 is 0. The van der Waals surface area contributed by atoms with Crippen LogP contribution in [0.15, 0.2) is 0 Å². The second-order valence-corrected chi connectivity index (χ2v) is 4.93. The van der Waals surface area contributed by atoms with E-state index in [-0.39, 0.29) is 5.75 Å². The average molecular weight is 176 g/mol. The third-order valence-corrected chi connectivity index (χ3v) is 2.63. The topological polar surface area (TPSA) is 17.1 Å². The zero-order chi connectivity index (χ0) is 7.49. The minimum Gasteiger partial charge on any atom is -0.260 e. The van der Waals surface area contributed by atoms with E-state index in [1.54, 1.807) is 0 Å². The lowest BCUT2D eigenvalue weighted by Crippen LogP contribution is -2.17. The molecular weight excluding hydrogens is 169 g/mol. The zero-order valence-corrected chi connectivity index (χ0v) is 6.68. The fraction of sp³-hybridized carbons (Fsp3) is 1.00. The fourth-order valence-electron chi connectivity index (χ4n) is 0.259. The van der Waals surface area contributed by atoms with Crippen LogP contribution in [0.3, 0.4) is 0 Å². The van der Waals surface area contributed by atoms with Crippen LogP contribution in [0, 0.1) is 0 Å². The van der Waals surface area contributed by atoms with Gasteiger partial charge in [0, 0.05) is 28.9 Å². The van der Waals surface area contributed by atoms with Crippen LogP contribution < -0.4 is 0 Å². The van der Waals surface area contributed by atoms with E-state index < -0.39 is 25.9 Å². The van der Waals surface area contributed by atoms with Gasteiger partial charge < -0.3 is 0 Å². The molecule has 0 rings (SSSR count). The van der Waals surface area contributed by atoms with Crippen molar-refractivity contribution < 1.29 is 16.5 Å². The van der Waals surface area contributed by atoms with Crippen molar-refractivity contribution in [1.29, 1.82) is 0 Å². The lowest BCUT2D eigenvalue weighted by molar-refractivity contribution is 0.473. The van der Waals surface area contributed by atoms with Crippen molar-refractivity contribution >= 4 is 19.9 Å². The molecule has 0 aromatic carbocycles. The molecule has 0 spiro atoms. The van der Waals surface area contributed by atoms with Crippen LogP contribution in [0.5, 0.6) is 0 Å². The van der Waals surface area contributed by atoms with Crippen LogP contribution in [0.1, 0.15) is 0 Å². The molecule has 0 aliphatic carbocycles. The van der Waals surface area contributed by atoms with E-state index in [1.807, 2.05) is 0 Å². The molecule has 1 unspecified atom stereocenters. The van der Waals surface area contributed by atoms with Gasteiger partial charge in [0.25, 0.3) is 0 Å². The van der Waals surface area contributed by atoms with Crippen molar-refractivity contribution in [2.75, 3.05) is 12.0 Å². The molecule has 0 radical (unpaired) electrons. The van der Waals surface area contributed by atoms with E-state index in [2.05, 4.69) is 0 Å². The van der Waals surface area contributed by atoms with Crippen molar-refractivity contribution in [1.82, 2.24) is 0 Å². The van der Waals surface area contributed by atoms with Crippen molar-refractivity contribution in [2.45, 2.75) is 6.04 Å². The van der Waals surface area contributed by atoms with E-state index in [9.17, 15) is 16.5 Å². The van der Waals surface area contributed by atoms with E-state index in [0.717, 1.165) is 0 Å². The second kappa shape index (κ2) is 3.36. The molecule has 0 aliphatic heterocycles. The summed E-state index contributed by atoms with van der Waals surface area (Å²) in [7, 11) is -6.71. The van der Waals surface area contributed by atoms with Crippen LogP contribution in [0.2, 0.25) is 6.04 Å². The van der Waals surface area contributed by atoms with Crippen LogP contribution in [-0.4, -0.2) is 25.3 Å². The molecule has 0 aromatic rings. The zero-order valence-electron chi connectivity index (χ0n) is 4.86. The molecule has 0 aliphatic rings. The molecule has 0 fully saturated rings. The predicted octanol–water partition coefficient (Wildman–Crippen LogP) is 1.21. The Morgan fingerprint density at radius 1 is 1.44 bits per heavy atom. The maximum atomic E-state index is 11.4. The first-order valence-electron chi connectivity index (χ1n) is 2.28. The highest BCUT2D eigenvalue weighted by Gasteiger charge is 2.35. The molecule has 0 aromatic heterocycles. The summed E-state index contributed by atoms with van der Waals surface area (Å²) in [5, 5.41) is 0. The minimum atomic E-state index is -5.41. The Balaban J connectivity index is 3.39. The van der Waals surface area contributed by atoms with Gasteiger partial charge in [-0.2, -0.15) is 0 Å². The van der Waals surface area contributed by atoms with Crippen LogP contribution in [0.4, 0.5) is 12.3 Å². The summed E-state index contributed by atoms with van der Waals surface area (Å²) in [4.78, 5) is 0. The fourth-order valence-corrected chi connectivity index (χ4v) is 2.34. The molecule has 6 heteroatoms. The molecule has 0 bridgehead atoms. The Bertz CT molecular complexity index is 112. The van der Waals surface area contributed by atoms with Crippen LogP contribution in [-0.2, 0) is 10.8 Å². The predicted molar refractivity (Wildman–Crippen MR) is 32.8 cm³/mol. The van der Waals surface area contributed by atoms with Crippen LogP contribution in [0.25, 0.3) is 0 Å². The maximum Gasteiger partial charge on any atom is 0.616 e. The summed E-state index contributed by atoms with van der Waals surface area (Å²) in [6.45, 7) is 0. The highest BCUT2D eigenvalue weighted by molar-refractivity contribution is 7.84. The highest BCUT2D eigenvalue weighted by Crippen LogP contribution is 2.14. The summed E-state index contributed by atoms with van der Waals surface area (Å²) in [6.07, 6.45) is 1.28. The van der Waals surface area contributed by atoms with E-state index in [1.165, 1.54) is 6.26 Å². The van der Waals surface area contributed by atoms with E-state index >= 15 is 0 Å². The van der Waals surface area contributed by atoms with Crippen molar-refractivity contribution in [3.05, 3.63) is 0 Å². The molecule has 1 atom stereocenters. The first kappa shape index (κ1) is 9.16. The summed E-state index contributed by atoms with van der Waals surface area (Å²) in [6, 6.07) is -0.809. The SMILES string of the molecule is CS(=O)CC[Si](F)(F)F. The maximum absolute atomic E-state index is 11.4. The van der Waals surface area contributed by atoms with Gasteiger partial charge in [0.1, 0.15) is 0 Å². The summed E-state index contributed by atoms with van der Waals surface area (Å²) in [5.41, 5.74) is 0. The first-order chi connectivity index (χ1) is 3.92. The third kappa shape index (κ3) is 8.16. The van der Waals surface area contributed by atoms with Gasteiger partial charge in [-0.3, -0.25) is 4.21 Å². The van der Waals surface area contributed by atoms with Crippen LogP contribution >= 0.6 is 0 Å².